The molecule has 7 nitrogen and oxygen atoms in total. The Morgan fingerprint density at radius 1 is 1.53 bits per heavy atom. The second-order valence-corrected chi connectivity index (χ2v) is 4.21. The van der Waals surface area contributed by atoms with E-state index in [1.54, 1.807) is 0 Å². The van der Waals surface area contributed by atoms with Crippen molar-refractivity contribution in [2.45, 2.75) is 13.8 Å². The highest BCUT2D eigenvalue weighted by atomic mass is 32.1. The van der Waals surface area contributed by atoms with Crippen LogP contribution in [0.4, 0.5) is 10.8 Å². The van der Waals surface area contributed by atoms with Crippen molar-refractivity contribution in [2.75, 3.05) is 11.9 Å². The number of carbonyl (C=O) groups excluding carboxylic acids is 1. The highest BCUT2D eigenvalue weighted by Gasteiger charge is 2.12. The average Bonchev–Trinajstić information content (AvgIpc) is 2.87. The molecule has 0 fully saturated rings. The Balaban J connectivity index is 2.08. The summed E-state index contributed by atoms with van der Waals surface area (Å²) in [5, 5.41) is 15.2. The second kappa shape index (κ2) is 4.91. The van der Waals surface area contributed by atoms with Gasteiger partial charge in [-0.05, 0) is 13.8 Å². The van der Waals surface area contributed by atoms with Crippen molar-refractivity contribution in [1.82, 2.24) is 20.5 Å². The van der Waals surface area contributed by atoms with E-state index in [1.165, 1.54) is 11.3 Å². The molecule has 0 aliphatic carbocycles. The number of urea groups is 1. The maximum absolute atomic E-state index is 11.2. The quantitative estimate of drug-likeness (QED) is 0.867. The normalized spacial score (nSPS) is 10.2. The lowest BCUT2D eigenvalue weighted by Gasteiger charge is -1.99. The predicted molar refractivity (Wildman–Crippen MR) is 62.8 cm³/mol. The highest BCUT2D eigenvalue weighted by molar-refractivity contribution is 7.09. The Hall–Kier alpha value is -1.96. The van der Waals surface area contributed by atoms with Crippen molar-refractivity contribution in [3.63, 3.8) is 0 Å². The molecule has 2 heterocycles. The van der Waals surface area contributed by atoms with Crippen molar-refractivity contribution < 1.29 is 9.21 Å². The second-order valence-electron chi connectivity index (χ2n) is 3.15. The lowest BCUT2D eigenvalue weighted by molar-refractivity contribution is 0.252. The summed E-state index contributed by atoms with van der Waals surface area (Å²) in [7, 11) is 0. The molecule has 0 aliphatic rings. The first-order valence-corrected chi connectivity index (χ1v) is 5.88. The number of anilines is 1. The highest BCUT2D eigenvalue weighted by Crippen LogP contribution is 2.21. The first-order chi connectivity index (χ1) is 8.19. The summed E-state index contributed by atoms with van der Waals surface area (Å²) >= 11 is 1.49. The summed E-state index contributed by atoms with van der Waals surface area (Å²) in [5.41, 5.74) is 0.615. The molecule has 2 aromatic heterocycles. The van der Waals surface area contributed by atoms with Crippen LogP contribution in [0.5, 0.6) is 0 Å². The van der Waals surface area contributed by atoms with E-state index in [1.807, 2.05) is 19.2 Å². The van der Waals surface area contributed by atoms with Gasteiger partial charge in [-0.25, -0.2) is 9.78 Å². The van der Waals surface area contributed by atoms with Gasteiger partial charge in [-0.2, -0.15) is 0 Å². The third-order valence-corrected chi connectivity index (χ3v) is 2.59. The van der Waals surface area contributed by atoms with E-state index in [9.17, 15) is 4.79 Å². The Bertz CT molecular complexity index is 521. The van der Waals surface area contributed by atoms with Gasteiger partial charge >= 0.3 is 12.0 Å². The van der Waals surface area contributed by atoms with E-state index in [-0.39, 0.29) is 12.0 Å². The number of amides is 2. The summed E-state index contributed by atoms with van der Waals surface area (Å²) in [5.74, 6) is 0.293. The van der Waals surface area contributed by atoms with E-state index in [4.69, 9.17) is 4.42 Å². The molecular formula is C9H11N5O2S. The minimum Gasteiger partial charge on any atom is -0.401 e. The monoisotopic (exact) mass is 253 g/mol. The molecular weight excluding hydrogens is 242 g/mol. The van der Waals surface area contributed by atoms with Crippen molar-refractivity contribution in [3.05, 3.63) is 10.4 Å². The smallest absolute Gasteiger partial charge is 0.324 e. The van der Waals surface area contributed by atoms with Crippen LogP contribution in [0.25, 0.3) is 11.6 Å². The van der Waals surface area contributed by atoms with Crippen LogP contribution in [0.3, 0.4) is 0 Å². The fourth-order valence-corrected chi connectivity index (χ4v) is 1.73. The number of hydrogen-bond donors (Lipinski definition) is 2. The molecule has 0 unspecified atom stereocenters. The molecule has 0 atom stereocenters. The standard InChI is InChI=1S/C9H11N5O2S/c1-3-10-8(15)12-9-14-13-7(16-9)6-4-17-5(2)11-6/h4H,3H2,1-2H3,(H2,10,12,14,15). The average molecular weight is 253 g/mol. The Morgan fingerprint density at radius 2 is 2.35 bits per heavy atom. The van der Waals surface area contributed by atoms with Gasteiger partial charge in [-0.15, -0.1) is 16.4 Å². The van der Waals surface area contributed by atoms with Crippen LogP contribution in [0.2, 0.25) is 0 Å². The van der Waals surface area contributed by atoms with Gasteiger partial charge in [-0.1, -0.05) is 5.10 Å². The minimum atomic E-state index is -0.378. The first-order valence-electron chi connectivity index (χ1n) is 5.00. The molecule has 0 spiro atoms. The molecule has 2 amide bonds. The van der Waals surface area contributed by atoms with Gasteiger partial charge in [0.15, 0.2) is 0 Å². The molecule has 17 heavy (non-hydrogen) atoms. The molecule has 2 N–H and O–H groups in total. The summed E-state index contributed by atoms with van der Waals surface area (Å²) in [6.45, 7) is 4.23. The fraction of sp³-hybridized carbons (Fsp3) is 0.333. The van der Waals surface area contributed by atoms with Crippen molar-refractivity contribution >= 4 is 23.4 Å². The first kappa shape index (κ1) is 11.5. The summed E-state index contributed by atoms with van der Waals surface area (Å²) in [6.07, 6.45) is 0. The number of thiazole rings is 1. The molecule has 2 aromatic rings. The maximum atomic E-state index is 11.2. The molecule has 2 rings (SSSR count). The lowest BCUT2D eigenvalue weighted by atomic mass is 10.5. The predicted octanol–water partition coefficient (Wildman–Crippen LogP) is 1.64. The van der Waals surface area contributed by atoms with Crippen LogP contribution in [-0.2, 0) is 0 Å². The Labute approximate surface area is 101 Å². The number of carbonyl (C=O) groups is 1. The zero-order chi connectivity index (χ0) is 12.3. The van der Waals surface area contributed by atoms with Gasteiger partial charge in [0.1, 0.15) is 5.69 Å². The summed E-state index contributed by atoms with van der Waals surface area (Å²) < 4.78 is 5.25. The van der Waals surface area contributed by atoms with Gasteiger partial charge in [0.05, 0.1) is 5.01 Å². The van der Waals surface area contributed by atoms with E-state index < -0.39 is 0 Å². The molecule has 8 heteroatoms. The van der Waals surface area contributed by atoms with Crippen molar-refractivity contribution in [3.8, 4) is 11.6 Å². The van der Waals surface area contributed by atoms with Gasteiger partial charge in [0.2, 0.25) is 0 Å². The molecule has 90 valence electrons. The number of aromatic nitrogens is 3. The molecule has 0 bridgehead atoms. The fourth-order valence-electron chi connectivity index (χ4n) is 1.14. The summed E-state index contributed by atoms with van der Waals surface area (Å²) in [6, 6.07) is -0.325. The van der Waals surface area contributed by atoms with Crippen LogP contribution in [0.15, 0.2) is 9.80 Å². The zero-order valence-corrected chi connectivity index (χ0v) is 10.2. The van der Waals surface area contributed by atoms with Crippen LogP contribution in [0.1, 0.15) is 11.9 Å². The third kappa shape index (κ3) is 2.78. The molecule has 0 saturated carbocycles. The van der Waals surface area contributed by atoms with Crippen LogP contribution in [-0.4, -0.2) is 27.8 Å². The van der Waals surface area contributed by atoms with Crippen molar-refractivity contribution in [2.24, 2.45) is 0 Å². The lowest BCUT2D eigenvalue weighted by Crippen LogP contribution is -2.28. The third-order valence-electron chi connectivity index (χ3n) is 1.82. The van der Waals surface area contributed by atoms with Gasteiger partial charge < -0.3 is 9.73 Å². The topological polar surface area (TPSA) is 92.9 Å². The van der Waals surface area contributed by atoms with Crippen LogP contribution < -0.4 is 10.6 Å². The Morgan fingerprint density at radius 3 is 3.00 bits per heavy atom. The molecule has 0 radical (unpaired) electrons. The minimum absolute atomic E-state index is 0.0524. The molecule has 0 aromatic carbocycles. The largest absolute Gasteiger partial charge is 0.401 e. The number of hydrogen-bond acceptors (Lipinski definition) is 6. The van der Waals surface area contributed by atoms with Crippen LogP contribution >= 0.6 is 11.3 Å². The maximum Gasteiger partial charge on any atom is 0.324 e. The number of nitrogens with zero attached hydrogens (tertiary/aromatic N) is 3. The summed E-state index contributed by atoms with van der Waals surface area (Å²) in [4.78, 5) is 15.4. The van der Waals surface area contributed by atoms with Gasteiger partial charge in [0, 0.05) is 11.9 Å². The molecule has 0 saturated heterocycles. The van der Waals surface area contributed by atoms with Gasteiger partial charge in [0.25, 0.3) is 5.89 Å². The van der Waals surface area contributed by atoms with Crippen LogP contribution in [0, 0.1) is 6.92 Å². The van der Waals surface area contributed by atoms with E-state index in [2.05, 4.69) is 25.8 Å². The van der Waals surface area contributed by atoms with Crippen molar-refractivity contribution in [1.29, 1.82) is 0 Å². The number of aryl methyl sites for hydroxylation is 1. The van der Waals surface area contributed by atoms with E-state index in [0.717, 1.165) is 5.01 Å². The number of rotatable bonds is 3. The number of nitrogens with one attached hydrogen (secondary N) is 2. The molecule has 0 aliphatic heterocycles. The SMILES string of the molecule is CCNC(=O)Nc1nnc(-c2csc(C)n2)o1. The zero-order valence-electron chi connectivity index (χ0n) is 9.35. The van der Waals surface area contributed by atoms with E-state index in [0.29, 0.717) is 18.1 Å². The van der Waals surface area contributed by atoms with Gasteiger partial charge in [-0.3, -0.25) is 5.32 Å². The van der Waals surface area contributed by atoms with E-state index >= 15 is 0 Å². The Kier molecular flexibility index (Phi) is 3.33.